The van der Waals surface area contributed by atoms with E-state index in [1.54, 1.807) is 6.07 Å². The highest BCUT2D eigenvalue weighted by Gasteiger charge is 2.21. The summed E-state index contributed by atoms with van der Waals surface area (Å²) in [5.41, 5.74) is -0.187. The summed E-state index contributed by atoms with van der Waals surface area (Å²) in [7, 11) is -4.02. The van der Waals surface area contributed by atoms with Gasteiger partial charge in [-0.25, -0.2) is 18.2 Å². The third-order valence-corrected chi connectivity index (χ3v) is 4.95. The van der Waals surface area contributed by atoms with Crippen LogP contribution in [0.25, 0.3) is 0 Å². The van der Waals surface area contributed by atoms with E-state index in [1.807, 2.05) is 22.6 Å². The van der Waals surface area contributed by atoms with Gasteiger partial charge in [-0.15, -0.1) is 0 Å². The molecule has 0 aliphatic carbocycles. The molecule has 0 saturated carbocycles. The van der Waals surface area contributed by atoms with Gasteiger partial charge in [-0.1, -0.05) is 11.6 Å². The van der Waals surface area contributed by atoms with E-state index < -0.39 is 16.0 Å². The van der Waals surface area contributed by atoms with Crippen molar-refractivity contribution >= 4 is 55.9 Å². The molecule has 1 heterocycles. The summed E-state index contributed by atoms with van der Waals surface area (Å²) in [6, 6.07) is 7.05. The number of sulfonamides is 1. The van der Waals surface area contributed by atoms with Crippen LogP contribution in [0.5, 0.6) is 0 Å². The highest BCUT2D eigenvalue weighted by atomic mass is 127. The van der Waals surface area contributed by atoms with Gasteiger partial charge in [0, 0.05) is 9.77 Å². The molecular formula is C12H8ClIN2O4S. The van der Waals surface area contributed by atoms with Crippen LogP contribution in [0.3, 0.4) is 0 Å². The highest BCUT2D eigenvalue weighted by molar-refractivity contribution is 14.1. The number of hydrogen-bond donors (Lipinski definition) is 2. The molecule has 0 bridgehead atoms. The highest BCUT2D eigenvalue weighted by Crippen LogP contribution is 2.25. The molecule has 1 aromatic heterocycles. The molecule has 0 saturated heterocycles. The number of pyridine rings is 1. The van der Waals surface area contributed by atoms with Crippen LogP contribution in [0.2, 0.25) is 5.15 Å². The minimum absolute atomic E-state index is 0.0390. The molecule has 0 amide bonds. The molecule has 21 heavy (non-hydrogen) atoms. The van der Waals surface area contributed by atoms with E-state index in [0.717, 1.165) is 0 Å². The number of benzene rings is 1. The first-order valence-electron chi connectivity index (χ1n) is 5.47. The fourth-order valence-corrected chi connectivity index (χ4v) is 3.58. The van der Waals surface area contributed by atoms with E-state index in [2.05, 4.69) is 9.71 Å². The second-order valence-corrected chi connectivity index (χ2v) is 7.15. The van der Waals surface area contributed by atoms with Gasteiger partial charge in [0.25, 0.3) is 10.0 Å². The van der Waals surface area contributed by atoms with Crippen molar-refractivity contribution in [1.29, 1.82) is 0 Å². The molecule has 0 aliphatic rings. The Labute approximate surface area is 139 Å². The molecule has 0 atom stereocenters. The maximum atomic E-state index is 12.3. The predicted molar refractivity (Wildman–Crippen MR) is 86.2 cm³/mol. The van der Waals surface area contributed by atoms with Crippen molar-refractivity contribution in [3.05, 3.63) is 50.8 Å². The first-order chi connectivity index (χ1) is 9.81. The number of carbonyl (C=O) groups is 1. The van der Waals surface area contributed by atoms with Gasteiger partial charge >= 0.3 is 5.97 Å². The lowest BCUT2D eigenvalue weighted by Gasteiger charge is -2.11. The summed E-state index contributed by atoms with van der Waals surface area (Å²) in [4.78, 5) is 14.7. The number of aromatic carboxylic acids is 1. The van der Waals surface area contributed by atoms with E-state index in [9.17, 15) is 13.2 Å². The number of carboxylic acid groups (broad SMARTS) is 1. The number of nitrogens with zero attached hydrogens (tertiary/aromatic N) is 1. The Morgan fingerprint density at radius 3 is 2.67 bits per heavy atom. The molecular weight excluding hydrogens is 431 g/mol. The van der Waals surface area contributed by atoms with Gasteiger partial charge in [-0.3, -0.25) is 4.72 Å². The average Bonchev–Trinajstić information content (AvgIpc) is 2.40. The number of nitrogens with one attached hydrogen (secondary N) is 1. The molecule has 2 N–H and O–H groups in total. The van der Waals surface area contributed by atoms with E-state index in [1.165, 1.54) is 30.5 Å². The standard InChI is InChI=1S/C12H8ClIN2O4S/c13-11-10(2-1-5-15-11)21(19,20)16-9-4-3-7(14)6-8(9)12(17)18/h1-6,16H,(H,17,18). The first kappa shape index (κ1) is 16.0. The fourth-order valence-electron chi connectivity index (χ4n) is 1.55. The number of halogens is 2. The Morgan fingerprint density at radius 1 is 1.33 bits per heavy atom. The molecule has 1 aromatic carbocycles. The number of carboxylic acids is 1. The summed E-state index contributed by atoms with van der Waals surface area (Å²) in [5, 5.41) is 8.95. The second kappa shape index (κ2) is 6.16. The Bertz CT molecular complexity index is 811. The Hall–Kier alpha value is -1.39. The lowest BCUT2D eigenvalue weighted by atomic mass is 10.2. The van der Waals surface area contributed by atoms with Gasteiger partial charge in [0.1, 0.15) is 10.0 Å². The Kier molecular flexibility index (Phi) is 4.69. The van der Waals surface area contributed by atoms with Crippen LogP contribution >= 0.6 is 34.2 Å². The minimum atomic E-state index is -4.02. The number of hydrogen-bond acceptors (Lipinski definition) is 4. The summed E-state index contributed by atoms with van der Waals surface area (Å²) in [5.74, 6) is -1.23. The normalized spacial score (nSPS) is 11.1. The maximum absolute atomic E-state index is 12.3. The Balaban J connectivity index is 2.47. The van der Waals surface area contributed by atoms with Gasteiger partial charge in [0.05, 0.1) is 11.3 Å². The molecule has 110 valence electrons. The van der Waals surface area contributed by atoms with Crippen molar-refractivity contribution in [2.45, 2.75) is 4.90 Å². The van der Waals surface area contributed by atoms with Gasteiger partial charge in [0.2, 0.25) is 0 Å². The largest absolute Gasteiger partial charge is 0.478 e. The zero-order valence-electron chi connectivity index (χ0n) is 10.2. The maximum Gasteiger partial charge on any atom is 0.337 e. The fraction of sp³-hybridized carbons (Fsp3) is 0. The molecule has 6 nitrogen and oxygen atoms in total. The van der Waals surface area contributed by atoms with Crippen molar-refractivity contribution in [1.82, 2.24) is 4.98 Å². The van der Waals surface area contributed by atoms with Gasteiger partial charge < -0.3 is 5.11 Å². The van der Waals surface area contributed by atoms with Gasteiger partial charge in [0.15, 0.2) is 0 Å². The summed E-state index contributed by atoms with van der Waals surface area (Å²) < 4.78 is 27.4. The van der Waals surface area contributed by atoms with E-state index in [-0.39, 0.29) is 21.3 Å². The average molecular weight is 439 g/mol. The minimum Gasteiger partial charge on any atom is -0.478 e. The predicted octanol–water partition coefficient (Wildman–Crippen LogP) is 2.84. The zero-order chi connectivity index (χ0) is 15.6. The van der Waals surface area contributed by atoms with Crippen LogP contribution in [0.4, 0.5) is 5.69 Å². The second-order valence-electron chi connectivity index (χ2n) is 3.89. The van der Waals surface area contributed by atoms with E-state index in [0.29, 0.717) is 3.57 Å². The third-order valence-electron chi connectivity index (χ3n) is 2.47. The quantitative estimate of drug-likeness (QED) is 0.565. The number of anilines is 1. The van der Waals surface area contributed by atoms with E-state index in [4.69, 9.17) is 16.7 Å². The summed E-state index contributed by atoms with van der Waals surface area (Å²) in [6.45, 7) is 0. The lowest BCUT2D eigenvalue weighted by Crippen LogP contribution is -2.16. The molecule has 2 aromatic rings. The van der Waals surface area contributed by atoms with Gasteiger partial charge in [-0.2, -0.15) is 0 Å². The molecule has 0 aliphatic heterocycles. The van der Waals surface area contributed by atoms with Crippen LogP contribution in [0.15, 0.2) is 41.4 Å². The molecule has 0 unspecified atom stereocenters. The van der Waals surface area contributed by atoms with Crippen molar-refractivity contribution in [3.63, 3.8) is 0 Å². The number of aromatic nitrogens is 1. The van der Waals surface area contributed by atoms with Crippen LogP contribution in [-0.2, 0) is 10.0 Å². The van der Waals surface area contributed by atoms with Crippen molar-refractivity contribution < 1.29 is 18.3 Å². The zero-order valence-corrected chi connectivity index (χ0v) is 14.0. The van der Waals surface area contributed by atoms with Crippen LogP contribution in [-0.4, -0.2) is 24.5 Å². The monoisotopic (exact) mass is 438 g/mol. The van der Waals surface area contributed by atoms with E-state index >= 15 is 0 Å². The molecule has 2 rings (SSSR count). The summed E-state index contributed by atoms with van der Waals surface area (Å²) in [6.07, 6.45) is 1.36. The summed E-state index contributed by atoms with van der Waals surface area (Å²) >= 11 is 7.69. The van der Waals surface area contributed by atoms with Gasteiger partial charge in [-0.05, 0) is 52.9 Å². The lowest BCUT2D eigenvalue weighted by molar-refractivity contribution is 0.0698. The third kappa shape index (κ3) is 3.63. The van der Waals surface area contributed by atoms with Crippen molar-refractivity contribution in [2.24, 2.45) is 0 Å². The molecule has 0 fully saturated rings. The van der Waals surface area contributed by atoms with Crippen LogP contribution < -0.4 is 4.72 Å². The SMILES string of the molecule is O=C(O)c1cc(I)ccc1NS(=O)(=O)c1cccnc1Cl. The number of rotatable bonds is 4. The first-order valence-corrected chi connectivity index (χ1v) is 8.41. The molecule has 0 radical (unpaired) electrons. The Morgan fingerprint density at radius 2 is 2.05 bits per heavy atom. The van der Waals surface area contributed by atoms with Crippen molar-refractivity contribution in [2.75, 3.05) is 4.72 Å². The topological polar surface area (TPSA) is 96.4 Å². The molecule has 0 spiro atoms. The van der Waals surface area contributed by atoms with Crippen LogP contribution in [0, 0.1) is 3.57 Å². The van der Waals surface area contributed by atoms with Crippen molar-refractivity contribution in [3.8, 4) is 0 Å². The smallest absolute Gasteiger partial charge is 0.337 e. The molecule has 9 heteroatoms. The van der Waals surface area contributed by atoms with Crippen LogP contribution in [0.1, 0.15) is 10.4 Å².